The minimum atomic E-state index is -0.178. The van der Waals surface area contributed by atoms with E-state index in [0.29, 0.717) is 6.61 Å². The highest BCUT2D eigenvalue weighted by Gasteiger charge is 2.01. The second kappa shape index (κ2) is 6.70. The van der Waals surface area contributed by atoms with Crippen molar-refractivity contribution in [1.82, 2.24) is 0 Å². The molecule has 17 heavy (non-hydrogen) atoms. The Morgan fingerprint density at radius 3 is 2.47 bits per heavy atom. The molecule has 0 aliphatic carbocycles. The van der Waals surface area contributed by atoms with E-state index in [1.54, 1.807) is 24.3 Å². The lowest BCUT2D eigenvalue weighted by Crippen LogP contribution is -2.16. The van der Waals surface area contributed by atoms with Gasteiger partial charge in [0.1, 0.15) is 19.0 Å². The summed E-state index contributed by atoms with van der Waals surface area (Å²) in [6.45, 7) is 6.20. The molecule has 1 aromatic carbocycles. The van der Waals surface area contributed by atoms with Crippen LogP contribution in [0.25, 0.3) is 0 Å². The number of amides is 1. The van der Waals surface area contributed by atoms with Crippen LogP contribution in [-0.4, -0.2) is 26.2 Å². The van der Waals surface area contributed by atoms with Crippen molar-refractivity contribution in [3.8, 4) is 5.75 Å². The van der Waals surface area contributed by atoms with Gasteiger partial charge in [-0.05, 0) is 36.8 Å². The topological polar surface area (TPSA) is 47.6 Å². The van der Waals surface area contributed by atoms with Gasteiger partial charge in [-0.25, -0.2) is 0 Å². The van der Waals surface area contributed by atoms with Gasteiger partial charge in [0.15, 0.2) is 0 Å². The van der Waals surface area contributed by atoms with E-state index in [1.165, 1.54) is 7.11 Å². The van der Waals surface area contributed by atoms with Crippen molar-refractivity contribution in [3.63, 3.8) is 0 Å². The van der Waals surface area contributed by atoms with Crippen LogP contribution in [0.15, 0.2) is 36.4 Å². The molecule has 4 heteroatoms. The van der Waals surface area contributed by atoms with Gasteiger partial charge >= 0.3 is 0 Å². The Balaban J connectivity index is 2.49. The predicted octanol–water partition coefficient (Wildman–Crippen LogP) is 2.23. The van der Waals surface area contributed by atoms with Gasteiger partial charge in [-0.15, -0.1) is 0 Å². The summed E-state index contributed by atoms with van der Waals surface area (Å²) in [4.78, 5) is 11.2. The SMILES string of the molecule is C=C(C)COc1ccc(NC(=O)COC)cc1. The van der Waals surface area contributed by atoms with Crippen LogP contribution in [-0.2, 0) is 9.53 Å². The fourth-order valence-corrected chi connectivity index (χ4v) is 1.17. The summed E-state index contributed by atoms with van der Waals surface area (Å²) in [6, 6.07) is 7.15. The highest BCUT2D eigenvalue weighted by atomic mass is 16.5. The lowest BCUT2D eigenvalue weighted by Gasteiger charge is -2.07. The molecule has 1 rings (SSSR count). The number of anilines is 1. The Morgan fingerprint density at radius 1 is 1.29 bits per heavy atom. The first-order valence-electron chi connectivity index (χ1n) is 5.28. The van der Waals surface area contributed by atoms with Crippen molar-refractivity contribution in [3.05, 3.63) is 36.4 Å². The standard InChI is InChI=1S/C13H17NO3/c1-10(2)8-17-12-6-4-11(5-7-12)14-13(15)9-16-3/h4-7H,1,8-9H2,2-3H3,(H,14,15). The smallest absolute Gasteiger partial charge is 0.250 e. The van der Waals surface area contributed by atoms with Gasteiger partial charge < -0.3 is 14.8 Å². The highest BCUT2D eigenvalue weighted by Crippen LogP contribution is 2.16. The Kier molecular flexibility index (Phi) is 5.23. The molecule has 4 nitrogen and oxygen atoms in total. The normalized spacial score (nSPS) is 9.76. The Morgan fingerprint density at radius 2 is 1.94 bits per heavy atom. The van der Waals surface area contributed by atoms with Gasteiger partial charge in [-0.3, -0.25) is 4.79 Å². The van der Waals surface area contributed by atoms with E-state index >= 15 is 0 Å². The van der Waals surface area contributed by atoms with E-state index in [1.807, 2.05) is 6.92 Å². The summed E-state index contributed by atoms with van der Waals surface area (Å²) in [5, 5.41) is 2.70. The van der Waals surface area contributed by atoms with Crippen LogP contribution in [0.5, 0.6) is 5.75 Å². The first-order chi connectivity index (χ1) is 8.11. The van der Waals surface area contributed by atoms with Gasteiger partial charge in [-0.1, -0.05) is 6.58 Å². The number of hydrogen-bond acceptors (Lipinski definition) is 3. The van der Waals surface area contributed by atoms with Crippen molar-refractivity contribution in [2.45, 2.75) is 6.92 Å². The maximum absolute atomic E-state index is 11.2. The van der Waals surface area contributed by atoms with Crippen molar-refractivity contribution in [2.24, 2.45) is 0 Å². The molecular weight excluding hydrogens is 218 g/mol. The Hall–Kier alpha value is -1.81. The summed E-state index contributed by atoms with van der Waals surface area (Å²) < 4.78 is 10.2. The molecule has 0 aromatic heterocycles. The summed E-state index contributed by atoms with van der Waals surface area (Å²) in [5.41, 5.74) is 1.68. The summed E-state index contributed by atoms with van der Waals surface area (Å²) >= 11 is 0. The molecule has 0 saturated carbocycles. The molecule has 0 unspecified atom stereocenters. The third-order valence-electron chi connectivity index (χ3n) is 1.90. The first kappa shape index (κ1) is 13.3. The van der Waals surface area contributed by atoms with Gasteiger partial charge in [0, 0.05) is 12.8 Å². The minimum Gasteiger partial charge on any atom is -0.489 e. The van der Waals surface area contributed by atoms with Gasteiger partial charge in [0.05, 0.1) is 0 Å². The molecule has 0 spiro atoms. The largest absolute Gasteiger partial charge is 0.489 e. The number of rotatable bonds is 6. The van der Waals surface area contributed by atoms with Crippen molar-refractivity contribution < 1.29 is 14.3 Å². The number of methoxy groups -OCH3 is 1. The van der Waals surface area contributed by atoms with Crippen LogP contribution in [0.3, 0.4) is 0 Å². The Labute approximate surface area is 101 Å². The number of nitrogens with one attached hydrogen (secondary N) is 1. The van der Waals surface area contributed by atoms with Crippen molar-refractivity contribution in [1.29, 1.82) is 0 Å². The lowest BCUT2D eigenvalue weighted by molar-refractivity contribution is -0.119. The molecule has 0 radical (unpaired) electrons. The highest BCUT2D eigenvalue weighted by molar-refractivity contribution is 5.91. The third kappa shape index (κ3) is 5.17. The van der Waals surface area contributed by atoms with E-state index in [-0.39, 0.29) is 12.5 Å². The van der Waals surface area contributed by atoms with E-state index in [0.717, 1.165) is 17.0 Å². The van der Waals surface area contributed by atoms with Gasteiger partial charge in [-0.2, -0.15) is 0 Å². The molecule has 0 aliphatic rings. The van der Waals surface area contributed by atoms with Crippen LogP contribution in [0.4, 0.5) is 5.69 Å². The molecule has 0 saturated heterocycles. The fraction of sp³-hybridized carbons (Fsp3) is 0.308. The minimum absolute atomic E-state index is 0.0495. The van der Waals surface area contributed by atoms with Crippen LogP contribution < -0.4 is 10.1 Å². The number of benzene rings is 1. The van der Waals surface area contributed by atoms with E-state index in [9.17, 15) is 4.79 Å². The number of ether oxygens (including phenoxy) is 2. The average Bonchev–Trinajstić information content (AvgIpc) is 2.28. The maximum atomic E-state index is 11.2. The first-order valence-corrected chi connectivity index (χ1v) is 5.28. The molecular formula is C13H17NO3. The number of carbonyl (C=O) groups is 1. The average molecular weight is 235 g/mol. The number of hydrogen-bond donors (Lipinski definition) is 1. The van der Waals surface area contributed by atoms with Crippen molar-refractivity contribution >= 4 is 11.6 Å². The molecule has 92 valence electrons. The predicted molar refractivity (Wildman–Crippen MR) is 67.3 cm³/mol. The molecule has 0 fully saturated rings. The maximum Gasteiger partial charge on any atom is 0.250 e. The molecule has 0 bridgehead atoms. The molecule has 1 N–H and O–H groups in total. The third-order valence-corrected chi connectivity index (χ3v) is 1.90. The summed E-state index contributed by atoms with van der Waals surface area (Å²) in [6.07, 6.45) is 0. The number of carbonyl (C=O) groups excluding carboxylic acids is 1. The second-order valence-corrected chi connectivity index (χ2v) is 3.75. The zero-order valence-corrected chi connectivity index (χ0v) is 10.2. The molecule has 0 atom stereocenters. The van der Waals surface area contributed by atoms with Crippen LogP contribution in [0.2, 0.25) is 0 Å². The quantitative estimate of drug-likeness (QED) is 0.769. The van der Waals surface area contributed by atoms with Crippen LogP contribution in [0, 0.1) is 0 Å². The molecule has 0 aliphatic heterocycles. The summed E-state index contributed by atoms with van der Waals surface area (Å²) in [5.74, 6) is 0.570. The molecule has 1 aromatic rings. The molecule has 1 amide bonds. The fourth-order valence-electron chi connectivity index (χ4n) is 1.17. The second-order valence-electron chi connectivity index (χ2n) is 3.75. The van der Waals surface area contributed by atoms with Crippen LogP contribution in [0.1, 0.15) is 6.92 Å². The molecule has 0 heterocycles. The summed E-state index contributed by atoms with van der Waals surface area (Å²) in [7, 11) is 1.48. The van der Waals surface area contributed by atoms with E-state index in [2.05, 4.69) is 11.9 Å². The van der Waals surface area contributed by atoms with E-state index in [4.69, 9.17) is 9.47 Å². The lowest BCUT2D eigenvalue weighted by atomic mass is 10.3. The van der Waals surface area contributed by atoms with Crippen molar-refractivity contribution in [2.75, 3.05) is 25.6 Å². The van der Waals surface area contributed by atoms with Gasteiger partial charge in [0.2, 0.25) is 5.91 Å². The monoisotopic (exact) mass is 235 g/mol. The Bertz CT molecular complexity index is 384. The van der Waals surface area contributed by atoms with Crippen LogP contribution >= 0.6 is 0 Å². The van der Waals surface area contributed by atoms with E-state index < -0.39 is 0 Å². The zero-order valence-electron chi connectivity index (χ0n) is 10.2. The van der Waals surface area contributed by atoms with Gasteiger partial charge in [0.25, 0.3) is 0 Å². The zero-order chi connectivity index (χ0) is 12.7.